The molecule has 25 heavy (non-hydrogen) atoms. The van der Waals surface area contributed by atoms with E-state index in [4.69, 9.17) is 14.0 Å². The number of hydrogen-bond acceptors (Lipinski definition) is 7. The average Bonchev–Trinajstić information content (AvgIpc) is 3.41. The lowest BCUT2D eigenvalue weighted by atomic mass is 10.1. The molecule has 4 aromatic rings. The van der Waals surface area contributed by atoms with Gasteiger partial charge >= 0.3 is 0 Å². The van der Waals surface area contributed by atoms with E-state index in [1.165, 1.54) is 0 Å². The van der Waals surface area contributed by atoms with Gasteiger partial charge in [-0.2, -0.15) is 10.1 Å². The predicted octanol–water partition coefficient (Wildman–Crippen LogP) is 3.87. The molecule has 0 amide bonds. The first-order valence-electron chi connectivity index (χ1n) is 7.44. The summed E-state index contributed by atoms with van der Waals surface area (Å²) in [5, 5.41) is 13.1. The summed E-state index contributed by atoms with van der Waals surface area (Å²) < 4.78 is 16.1. The van der Waals surface area contributed by atoms with E-state index < -0.39 is 0 Å². The summed E-state index contributed by atoms with van der Waals surface area (Å²) in [7, 11) is 3.20. The van der Waals surface area contributed by atoms with Crippen molar-refractivity contribution in [2.75, 3.05) is 14.2 Å². The highest BCUT2D eigenvalue weighted by Crippen LogP contribution is 2.36. The number of benzene rings is 1. The molecule has 0 atom stereocenters. The van der Waals surface area contributed by atoms with Gasteiger partial charge in [-0.25, -0.2) is 0 Å². The first kappa shape index (κ1) is 15.4. The van der Waals surface area contributed by atoms with Gasteiger partial charge in [-0.15, -0.1) is 11.3 Å². The number of ether oxygens (including phenoxy) is 2. The van der Waals surface area contributed by atoms with E-state index in [0.29, 0.717) is 23.2 Å². The lowest BCUT2D eigenvalue weighted by molar-refractivity contribution is 0.355. The van der Waals surface area contributed by atoms with E-state index in [9.17, 15) is 0 Å². The smallest absolute Gasteiger partial charge is 0.262 e. The summed E-state index contributed by atoms with van der Waals surface area (Å²) in [6, 6.07) is 9.51. The van der Waals surface area contributed by atoms with Gasteiger partial charge in [0.05, 0.1) is 36.6 Å². The molecule has 0 aliphatic carbocycles. The molecule has 0 fully saturated rings. The van der Waals surface area contributed by atoms with Crippen LogP contribution in [-0.4, -0.2) is 34.6 Å². The molecule has 3 heterocycles. The van der Waals surface area contributed by atoms with Crippen LogP contribution < -0.4 is 9.47 Å². The third-order valence-electron chi connectivity index (χ3n) is 3.71. The minimum absolute atomic E-state index is 0.405. The summed E-state index contributed by atoms with van der Waals surface area (Å²) in [6.45, 7) is 0. The molecule has 0 aliphatic heterocycles. The highest BCUT2D eigenvalue weighted by atomic mass is 32.1. The molecule has 4 rings (SSSR count). The van der Waals surface area contributed by atoms with E-state index in [-0.39, 0.29) is 0 Å². The number of thiophene rings is 1. The summed E-state index contributed by atoms with van der Waals surface area (Å²) in [4.78, 5) is 5.42. The van der Waals surface area contributed by atoms with Gasteiger partial charge in [0.1, 0.15) is 0 Å². The number of hydrogen-bond donors (Lipinski definition) is 1. The second-order valence-electron chi connectivity index (χ2n) is 5.13. The molecular weight excluding hydrogens is 340 g/mol. The Kier molecular flexibility index (Phi) is 3.95. The molecule has 0 unspecified atom stereocenters. The van der Waals surface area contributed by atoms with Gasteiger partial charge in [0.2, 0.25) is 5.82 Å². The van der Waals surface area contributed by atoms with E-state index >= 15 is 0 Å². The fourth-order valence-electron chi connectivity index (χ4n) is 2.50. The molecule has 0 saturated heterocycles. The van der Waals surface area contributed by atoms with Crippen molar-refractivity contribution in [1.29, 1.82) is 0 Å². The molecular formula is C17H14N4O3S. The van der Waals surface area contributed by atoms with Crippen LogP contribution in [0, 0.1) is 0 Å². The quantitative estimate of drug-likeness (QED) is 0.585. The Bertz CT molecular complexity index is 991. The Hall–Kier alpha value is -3.13. The third kappa shape index (κ3) is 2.76. The summed E-state index contributed by atoms with van der Waals surface area (Å²) in [5.41, 5.74) is 2.37. The molecule has 0 bridgehead atoms. The fraction of sp³-hybridized carbons (Fsp3) is 0.118. The van der Waals surface area contributed by atoms with Crippen LogP contribution in [0.4, 0.5) is 0 Å². The van der Waals surface area contributed by atoms with Gasteiger partial charge in [-0.1, -0.05) is 11.2 Å². The molecule has 0 radical (unpaired) electrons. The molecule has 0 spiro atoms. The van der Waals surface area contributed by atoms with Crippen molar-refractivity contribution >= 4 is 11.3 Å². The van der Waals surface area contributed by atoms with Crippen LogP contribution in [0.5, 0.6) is 11.5 Å². The van der Waals surface area contributed by atoms with Crippen LogP contribution >= 0.6 is 11.3 Å². The molecule has 3 aromatic heterocycles. The van der Waals surface area contributed by atoms with Crippen LogP contribution in [0.25, 0.3) is 33.4 Å². The van der Waals surface area contributed by atoms with E-state index in [1.807, 2.05) is 35.7 Å². The van der Waals surface area contributed by atoms with E-state index in [2.05, 4.69) is 20.3 Å². The van der Waals surface area contributed by atoms with Gasteiger partial charge in [-0.05, 0) is 29.6 Å². The Labute approximate surface area is 147 Å². The van der Waals surface area contributed by atoms with Crippen molar-refractivity contribution in [1.82, 2.24) is 20.3 Å². The zero-order valence-electron chi connectivity index (χ0n) is 13.5. The van der Waals surface area contributed by atoms with Crippen molar-refractivity contribution in [3.8, 4) is 44.9 Å². The van der Waals surface area contributed by atoms with Gasteiger partial charge in [0, 0.05) is 5.56 Å². The number of H-pyrrole nitrogens is 1. The van der Waals surface area contributed by atoms with Crippen molar-refractivity contribution in [3.63, 3.8) is 0 Å². The second kappa shape index (κ2) is 6.40. The molecule has 8 heteroatoms. The van der Waals surface area contributed by atoms with Gasteiger partial charge in [-0.3, -0.25) is 5.10 Å². The zero-order chi connectivity index (χ0) is 17.2. The average molecular weight is 354 g/mol. The van der Waals surface area contributed by atoms with E-state index in [0.717, 1.165) is 21.7 Å². The van der Waals surface area contributed by atoms with Crippen LogP contribution in [-0.2, 0) is 0 Å². The number of aromatic nitrogens is 4. The SMILES string of the molecule is COc1ccc(-c2[nH]ncc2-c2nc(-c3cccs3)no2)cc1OC. The maximum Gasteiger partial charge on any atom is 0.262 e. The molecule has 7 nitrogen and oxygen atoms in total. The maximum absolute atomic E-state index is 5.43. The second-order valence-corrected chi connectivity index (χ2v) is 6.08. The summed E-state index contributed by atoms with van der Waals surface area (Å²) in [5.74, 6) is 2.25. The Balaban J connectivity index is 1.74. The van der Waals surface area contributed by atoms with Gasteiger partial charge in [0.25, 0.3) is 5.89 Å². The van der Waals surface area contributed by atoms with Crippen molar-refractivity contribution in [2.24, 2.45) is 0 Å². The summed E-state index contributed by atoms with van der Waals surface area (Å²) in [6.07, 6.45) is 1.66. The molecule has 0 saturated carbocycles. The largest absolute Gasteiger partial charge is 0.493 e. The van der Waals surface area contributed by atoms with Crippen LogP contribution in [0.15, 0.2) is 46.4 Å². The molecule has 0 aliphatic rings. The third-order valence-corrected chi connectivity index (χ3v) is 4.58. The Morgan fingerprint density at radius 2 is 2.00 bits per heavy atom. The van der Waals surface area contributed by atoms with Crippen LogP contribution in [0.3, 0.4) is 0 Å². The van der Waals surface area contributed by atoms with Gasteiger partial charge in [0.15, 0.2) is 11.5 Å². The van der Waals surface area contributed by atoms with Gasteiger partial charge < -0.3 is 14.0 Å². The number of methoxy groups -OCH3 is 2. The monoisotopic (exact) mass is 354 g/mol. The summed E-state index contributed by atoms with van der Waals surface area (Å²) >= 11 is 1.56. The molecule has 1 aromatic carbocycles. The Morgan fingerprint density at radius 1 is 1.12 bits per heavy atom. The first-order valence-corrected chi connectivity index (χ1v) is 8.32. The number of nitrogens with zero attached hydrogens (tertiary/aromatic N) is 3. The topological polar surface area (TPSA) is 86.1 Å². The molecule has 1 N–H and O–H groups in total. The number of rotatable bonds is 5. The van der Waals surface area contributed by atoms with E-state index in [1.54, 1.807) is 31.8 Å². The number of nitrogens with one attached hydrogen (secondary N) is 1. The minimum atomic E-state index is 0.405. The van der Waals surface area contributed by atoms with Crippen molar-refractivity contribution in [2.45, 2.75) is 0 Å². The fourth-order valence-corrected chi connectivity index (χ4v) is 3.15. The van der Waals surface area contributed by atoms with Crippen LogP contribution in [0.2, 0.25) is 0 Å². The molecule has 126 valence electrons. The minimum Gasteiger partial charge on any atom is -0.493 e. The Morgan fingerprint density at radius 3 is 2.76 bits per heavy atom. The highest BCUT2D eigenvalue weighted by molar-refractivity contribution is 7.13. The van der Waals surface area contributed by atoms with Crippen molar-refractivity contribution < 1.29 is 14.0 Å². The van der Waals surface area contributed by atoms with Crippen molar-refractivity contribution in [3.05, 3.63) is 41.9 Å². The lowest BCUT2D eigenvalue weighted by Crippen LogP contribution is -1.91. The van der Waals surface area contributed by atoms with Crippen LogP contribution in [0.1, 0.15) is 0 Å². The standard InChI is InChI=1S/C17H14N4O3S/c1-22-12-6-5-10(8-13(12)23-2)15-11(9-18-20-15)17-19-16(21-24-17)14-4-3-7-25-14/h3-9H,1-2H3,(H,18,20). The zero-order valence-corrected chi connectivity index (χ0v) is 14.3. The highest BCUT2D eigenvalue weighted by Gasteiger charge is 2.18. The predicted molar refractivity (Wildman–Crippen MR) is 93.7 cm³/mol. The lowest BCUT2D eigenvalue weighted by Gasteiger charge is -2.09. The first-order chi connectivity index (χ1) is 12.3. The number of aromatic amines is 1. The normalized spacial score (nSPS) is 10.8. The maximum atomic E-state index is 5.43.